The van der Waals surface area contributed by atoms with Crippen LogP contribution in [0, 0.1) is 20.8 Å². The summed E-state index contributed by atoms with van der Waals surface area (Å²) in [5.41, 5.74) is 12.9. The van der Waals surface area contributed by atoms with Crippen LogP contribution in [0.4, 0.5) is 0 Å². The van der Waals surface area contributed by atoms with Gasteiger partial charge in [0.15, 0.2) is 0 Å². The Bertz CT molecular complexity index is 648. The zero-order valence-electron chi connectivity index (χ0n) is 12.3. The number of nitrogens with two attached hydrogens (primary N) is 1. The van der Waals surface area contributed by atoms with Crippen LogP contribution in [0.25, 0.3) is 0 Å². The summed E-state index contributed by atoms with van der Waals surface area (Å²) >= 11 is 0. The summed E-state index contributed by atoms with van der Waals surface area (Å²) in [5.74, 6) is 1.22. The summed E-state index contributed by atoms with van der Waals surface area (Å²) in [6.45, 7) is 7.10. The first-order valence-electron chi connectivity index (χ1n) is 7.13. The van der Waals surface area contributed by atoms with Crippen molar-refractivity contribution in [1.29, 1.82) is 0 Å². The molecule has 1 aliphatic heterocycles. The standard InChI is InChI=1S/C18H21NO/c1-11-8-13(3)15(9-12(11)2)18(19)16-10-20-17-7-5-4-6-14(16)17/h4-9,16,18H,10,19H2,1-3H3. The molecule has 1 heterocycles. The molecule has 20 heavy (non-hydrogen) atoms. The van der Waals surface area contributed by atoms with E-state index < -0.39 is 0 Å². The molecule has 0 aromatic heterocycles. The van der Waals surface area contributed by atoms with Crippen molar-refractivity contribution in [3.8, 4) is 5.75 Å². The Morgan fingerprint density at radius 2 is 1.75 bits per heavy atom. The Balaban J connectivity index is 1.98. The molecule has 2 aromatic rings. The Kier molecular flexibility index (Phi) is 3.27. The quantitative estimate of drug-likeness (QED) is 0.898. The summed E-state index contributed by atoms with van der Waals surface area (Å²) in [6.07, 6.45) is 0. The van der Waals surface area contributed by atoms with E-state index in [1.54, 1.807) is 0 Å². The normalized spacial score (nSPS) is 18.5. The molecule has 0 radical (unpaired) electrons. The summed E-state index contributed by atoms with van der Waals surface area (Å²) in [7, 11) is 0. The monoisotopic (exact) mass is 267 g/mol. The molecule has 2 unspecified atom stereocenters. The molecule has 1 aliphatic rings. The highest BCUT2D eigenvalue weighted by molar-refractivity contribution is 5.45. The van der Waals surface area contributed by atoms with Crippen LogP contribution in [0.2, 0.25) is 0 Å². The van der Waals surface area contributed by atoms with E-state index in [1.165, 1.54) is 27.8 Å². The number of ether oxygens (including phenoxy) is 1. The van der Waals surface area contributed by atoms with Crippen molar-refractivity contribution in [1.82, 2.24) is 0 Å². The molecular weight excluding hydrogens is 246 g/mol. The lowest BCUT2D eigenvalue weighted by atomic mass is 9.86. The van der Waals surface area contributed by atoms with Crippen LogP contribution >= 0.6 is 0 Å². The van der Waals surface area contributed by atoms with Crippen LogP contribution in [0.1, 0.15) is 39.8 Å². The molecule has 0 aliphatic carbocycles. The molecule has 3 rings (SSSR count). The van der Waals surface area contributed by atoms with Gasteiger partial charge in [-0.05, 0) is 49.1 Å². The van der Waals surface area contributed by atoms with Crippen molar-refractivity contribution >= 4 is 0 Å². The molecule has 0 fully saturated rings. The zero-order valence-corrected chi connectivity index (χ0v) is 12.3. The molecule has 0 spiro atoms. The first-order chi connectivity index (χ1) is 9.58. The maximum Gasteiger partial charge on any atom is 0.122 e. The van der Waals surface area contributed by atoms with E-state index in [0.29, 0.717) is 6.61 Å². The van der Waals surface area contributed by atoms with Gasteiger partial charge in [0, 0.05) is 17.5 Å². The molecule has 0 saturated carbocycles. The highest BCUT2D eigenvalue weighted by Crippen LogP contribution is 2.40. The van der Waals surface area contributed by atoms with Gasteiger partial charge in [0.25, 0.3) is 0 Å². The number of fused-ring (bicyclic) bond motifs is 1. The maximum absolute atomic E-state index is 6.55. The fourth-order valence-electron chi connectivity index (χ4n) is 3.04. The molecule has 0 amide bonds. The second-order valence-electron chi connectivity index (χ2n) is 5.77. The first-order valence-corrected chi connectivity index (χ1v) is 7.13. The highest BCUT2D eigenvalue weighted by atomic mass is 16.5. The maximum atomic E-state index is 6.55. The van der Waals surface area contributed by atoms with E-state index in [0.717, 1.165) is 5.75 Å². The van der Waals surface area contributed by atoms with Gasteiger partial charge in [-0.25, -0.2) is 0 Å². The lowest BCUT2D eigenvalue weighted by molar-refractivity contribution is 0.315. The van der Waals surface area contributed by atoms with Gasteiger partial charge < -0.3 is 10.5 Å². The summed E-state index contributed by atoms with van der Waals surface area (Å²) in [4.78, 5) is 0. The predicted molar refractivity (Wildman–Crippen MR) is 82.3 cm³/mol. The molecule has 2 atom stereocenters. The van der Waals surface area contributed by atoms with Crippen molar-refractivity contribution in [2.75, 3.05) is 6.61 Å². The number of para-hydroxylation sites is 1. The van der Waals surface area contributed by atoms with Gasteiger partial charge in [-0.3, -0.25) is 0 Å². The third-order valence-corrected chi connectivity index (χ3v) is 4.41. The van der Waals surface area contributed by atoms with Gasteiger partial charge in [-0.1, -0.05) is 30.3 Å². The summed E-state index contributed by atoms with van der Waals surface area (Å²) < 4.78 is 5.77. The number of rotatable bonds is 2. The largest absolute Gasteiger partial charge is 0.493 e. The van der Waals surface area contributed by atoms with Gasteiger partial charge in [-0.15, -0.1) is 0 Å². The Morgan fingerprint density at radius 3 is 2.55 bits per heavy atom. The Labute approximate surface area is 120 Å². The molecule has 0 saturated heterocycles. The SMILES string of the molecule is Cc1cc(C)c(C(N)C2COc3ccccc32)cc1C. The topological polar surface area (TPSA) is 35.2 Å². The average Bonchev–Trinajstić information content (AvgIpc) is 2.86. The van der Waals surface area contributed by atoms with Crippen molar-refractivity contribution in [3.05, 3.63) is 64.2 Å². The molecular formula is C18H21NO. The van der Waals surface area contributed by atoms with E-state index >= 15 is 0 Å². The van der Waals surface area contributed by atoms with Gasteiger partial charge >= 0.3 is 0 Å². The lowest BCUT2D eigenvalue weighted by Crippen LogP contribution is -2.22. The first kappa shape index (κ1) is 13.2. The van der Waals surface area contributed by atoms with Gasteiger partial charge in [0.1, 0.15) is 5.75 Å². The van der Waals surface area contributed by atoms with Crippen LogP contribution in [0.5, 0.6) is 5.75 Å². The van der Waals surface area contributed by atoms with E-state index in [-0.39, 0.29) is 12.0 Å². The average molecular weight is 267 g/mol. The van der Waals surface area contributed by atoms with E-state index in [2.05, 4.69) is 45.0 Å². The minimum absolute atomic E-state index is 0.0158. The molecule has 2 heteroatoms. The zero-order chi connectivity index (χ0) is 14.3. The van der Waals surface area contributed by atoms with Crippen LogP contribution in [0.15, 0.2) is 36.4 Å². The second-order valence-corrected chi connectivity index (χ2v) is 5.77. The van der Waals surface area contributed by atoms with Crippen LogP contribution in [-0.4, -0.2) is 6.61 Å². The number of benzene rings is 2. The predicted octanol–water partition coefficient (Wildman–Crippen LogP) is 3.79. The van der Waals surface area contributed by atoms with Crippen LogP contribution < -0.4 is 10.5 Å². The third kappa shape index (κ3) is 2.10. The summed E-state index contributed by atoms with van der Waals surface area (Å²) in [5, 5.41) is 0. The Hall–Kier alpha value is -1.80. The van der Waals surface area contributed by atoms with Gasteiger partial charge in [-0.2, -0.15) is 0 Å². The molecule has 0 bridgehead atoms. The second kappa shape index (κ2) is 4.95. The van der Waals surface area contributed by atoms with E-state index in [1.807, 2.05) is 12.1 Å². The fraction of sp³-hybridized carbons (Fsp3) is 0.333. The number of hydrogen-bond acceptors (Lipinski definition) is 2. The lowest BCUT2D eigenvalue weighted by Gasteiger charge is -2.22. The number of hydrogen-bond donors (Lipinski definition) is 1. The summed E-state index contributed by atoms with van der Waals surface area (Å²) in [6, 6.07) is 12.7. The van der Waals surface area contributed by atoms with Crippen molar-refractivity contribution in [2.45, 2.75) is 32.7 Å². The van der Waals surface area contributed by atoms with Crippen LogP contribution in [-0.2, 0) is 0 Å². The number of aryl methyl sites for hydroxylation is 3. The fourth-order valence-corrected chi connectivity index (χ4v) is 3.04. The van der Waals surface area contributed by atoms with Crippen molar-refractivity contribution in [3.63, 3.8) is 0 Å². The smallest absolute Gasteiger partial charge is 0.122 e. The van der Waals surface area contributed by atoms with Crippen molar-refractivity contribution < 1.29 is 4.74 Å². The minimum Gasteiger partial charge on any atom is -0.493 e. The van der Waals surface area contributed by atoms with Gasteiger partial charge in [0.2, 0.25) is 0 Å². The van der Waals surface area contributed by atoms with Crippen LogP contribution in [0.3, 0.4) is 0 Å². The molecule has 2 nitrogen and oxygen atoms in total. The highest BCUT2D eigenvalue weighted by Gasteiger charge is 2.30. The van der Waals surface area contributed by atoms with E-state index in [9.17, 15) is 0 Å². The Morgan fingerprint density at radius 1 is 1.05 bits per heavy atom. The molecule has 104 valence electrons. The minimum atomic E-state index is -0.0158. The molecule has 2 aromatic carbocycles. The third-order valence-electron chi connectivity index (χ3n) is 4.41. The van der Waals surface area contributed by atoms with Crippen molar-refractivity contribution in [2.24, 2.45) is 5.73 Å². The van der Waals surface area contributed by atoms with E-state index in [4.69, 9.17) is 10.5 Å². The van der Waals surface area contributed by atoms with Gasteiger partial charge in [0.05, 0.1) is 6.61 Å². The molecule has 2 N–H and O–H groups in total.